The van der Waals surface area contributed by atoms with Crippen LogP contribution in [-0.4, -0.2) is 5.91 Å². The van der Waals surface area contributed by atoms with Crippen LogP contribution in [0.5, 0.6) is 0 Å². The van der Waals surface area contributed by atoms with Crippen LogP contribution in [0.25, 0.3) is 11.0 Å². The zero-order valence-corrected chi connectivity index (χ0v) is 13.3. The fraction of sp³-hybridized carbons (Fsp3) is 0.100. The SMILES string of the molecule is C=CCc1cccc2cc(C(=O)Nc3ccc(C)cc3)c(=O)oc12. The molecule has 0 saturated heterocycles. The molecule has 0 aliphatic heterocycles. The summed E-state index contributed by atoms with van der Waals surface area (Å²) in [6, 6.07) is 14.5. The van der Waals surface area contributed by atoms with Crippen LogP contribution in [-0.2, 0) is 6.42 Å². The van der Waals surface area contributed by atoms with Crippen molar-refractivity contribution >= 4 is 22.6 Å². The Kier molecular flexibility index (Phi) is 4.29. The largest absolute Gasteiger partial charge is 0.422 e. The number of amides is 1. The maximum Gasteiger partial charge on any atom is 0.349 e. The van der Waals surface area contributed by atoms with Gasteiger partial charge in [0.2, 0.25) is 0 Å². The fourth-order valence-corrected chi connectivity index (χ4v) is 2.51. The average Bonchev–Trinajstić information content (AvgIpc) is 2.57. The Morgan fingerprint density at radius 2 is 1.96 bits per heavy atom. The normalized spacial score (nSPS) is 10.5. The smallest absolute Gasteiger partial charge is 0.349 e. The molecule has 120 valence electrons. The zero-order chi connectivity index (χ0) is 17.1. The van der Waals surface area contributed by atoms with Crippen LogP contribution in [0.15, 0.2) is 70.4 Å². The molecule has 1 N–H and O–H groups in total. The van der Waals surface area contributed by atoms with Crippen LogP contribution < -0.4 is 10.9 Å². The summed E-state index contributed by atoms with van der Waals surface area (Å²) < 4.78 is 5.39. The predicted molar refractivity (Wildman–Crippen MR) is 95.5 cm³/mol. The van der Waals surface area contributed by atoms with Gasteiger partial charge >= 0.3 is 5.63 Å². The Labute approximate surface area is 139 Å². The first kappa shape index (κ1) is 15.7. The molecule has 4 nitrogen and oxygen atoms in total. The molecule has 3 rings (SSSR count). The second kappa shape index (κ2) is 6.54. The molecule has 0 bridgehead atoms. The molecule has 2 aromatic carbocycles. The molecule has 0 aliphatic rings. The Morgan fingerprint density at radius 1 is 1.21 bits per heavy atom. The van der Waals surface area contributed by atoms with Gasteiger partial charge in [0.15, 0.2) is 0 Å². The Balaban J connectivity index is 1.98. The monoisotopic (exact) mass is 319 g/mol. The number of allylic oxidation sites excluding steroid dienone is 1. The van der Waals surface area contributed by atoms with E-state index in [2.05, 4.69) is 11.9 Å². The highest BCUT2D eigenvalue weighted by Crippen LogP contribution is 2.19. The van der Waals surface area contributed by atoms with Gasteiger partial charge in [0.05, 0.1) is 0 Å². The van der Waals surface area contributed by atoms with E-state index in [0.29, 0.717) is 23.1 Å². The van der Waals surface area contributed by atoms with E-state index in [1.165, 1.54) is 0 Å². The van der Waals surface area contributed by atoms with Gasteiger partial charge in [-0.05, 0) is 37.1 Å². The third-order valence-electron chi connectivity index (χ3n) is 3.76. The zero-order valence-electron chi connectivity index (χ0n) is 13.3. The molecule has 1 heterocycles. The van der Waals surface area contributed by atoms with Crippen molar-refractivity contribution in [1.29, 1.82) is 0 Å². The van der Waals surface area contributed by atoms with Crippen LogP contribution in [0.1, 0.15) is 21.5 Å². The van der Waals surface area contributed by atoms with Crippen LogP contribution in [0.3, 0.4) is 0 Å². The number of para-hydroxylation sites is 1. The third-order valence-corrected chi connectivity index (χ3v) is 3.76. The first-order chi connectivity index (χ1) is 11.6. The van der Waals surface area contributed by atoms with Gasteiger partial charge in [-0.1, -0.05) is 42.0 Å². The molecule has 0 spiro atoms. The molecule has 0 aliphatic carbocycles. The van der Waals surface area contributed by atoms with E-state index in [0.717, 1.165) is 11.1 Å². The Bertz CT molecular complexity index is 968. The topological polar surface area (TPSA) is 59.3 Å². The minimum atomic E-state index is -0.649. The van der Waals surface area contributed by atoms with Gasteiger partial charge < -0.3 is 9.73 Å². The minimum absolute atomic E-state index is 0.0150. The lowest BCUT2D eigenvalue weighted by molar-refractivity contribution is 0.102. The van der Waals surface area contributed by atoms with Crippen molar-refractivity contribution in [2.24, 2.45) is 0 Å². The van der Waals surface area contributed by atoms with Crippen LogP contribution in [0, 0.1) is 6.92 Å². The van der Waals surface area contributed by atoms with Gasteiger partial charge in [-0.3, -0.25) is 4.79 Å². The summed E-state index contributed by atoms with van der Waals surface area (Å²) in [6.45, 7) is 5.66. The molecule has 3 aromatic rings. The number of rotatable bonds is 4. The molecule has 24 heavy (non-hydrogen) atoms. The maximum absolute atomic E-state index is 12.4. The molecular weight excluding hydrogens is 302 g/mol. The molecule has 4 heteroatoms. The highest BCUT2D eigenvalue weighted by molar-refractivity contribution is 6.05. The fourth-order valence-electron chi connectivity index (χ4n) is 2.51. The second-order valence-corrected chi connectivity index (χ2v) is 5.60. The predicted octanol–water partition coefficient (Wildman–Crippen LogP) is 4.08. The molecule has 0 unspecified atom stereocenters. The number of carbonyl (C=O) groups is 1. The van der Waals surface area contributed by atoms with Crippen molar-refractivity contribution in [3.8, 4) is 0 Å². The van der Waals surface area contributed by atoms with Gasteiger partial charge in [0.25, 0.3) is 5.91 Å². The minimum Gasteiger partial charge on any atom is -0.422 e. The molecule has 1 amide bonds. The van der Waals surface area contributed by atoms with Crippen LogP contribution in [0.4, 0.5) is 5.69 Å². The maximum atomic E-state index is 12.4. The molecule has 1 aromatic heterocycles. The first-order valence-electron chi connectivity index (χ1n) is 7.63. The highest BCUT2D eigenvalue weighted by atomic mass is 16.4. The van der Waals surface area contributed by atoms with E-state index in [-0.39, 0.29) is 5.56 Å². The standard InChI is InChI=1S/C20H17NO3/c1-3-5-14-6-4-7-15-12-17(20(23)24-18(14)15)19(22)21-16-10-8-13(2)9-11-16/h3-4,6-12H,1,5H2,2H3,(H,21,22). The van der Waals surface area contributed by atoms with Crippen molar-refractivity contribution in [3.05, 3.63) is 88.3 Å². The van der Waals surface area contributed by atoms with Crippen LogP contribution >= 0.6 is 0 Å². The molecule has 0 saturated carbocycles. The Hall–Kier alpha value is -3.14. The number of hydrogen-bond donors (Lipinski definition) is 1. The van der Waals surface area contributed by atoms with Gasteiger partial charge in [0, 0.05) is 11.1 Å². The Morgan fingerprint density at radius 3 is 2.67 bits per heavy atom. The summed E-state index contributed by atoms with van der Waals surface area (Å²) in [5.41, 5.74) is 2.42. The summed E-state index contributed by atoms with van der Waals surface area (Å²) in [7, 11) is 0. The summed E-state index contributed by atoms with van der Waals surface area (Å²) in [5.74, 6) is -0.483. The van der Waals surface area contributed by atoms with E-state index >= 15 is 0 Å². The lowest BCUT2D eigenvalue weighted by atomic mass is 10.1. The van der Waals surface area contributed by atoms with Gasteiger partial charge in [-0.25, -0.2) is 4.79 Å². The van der Waals surface area contributed by atoms with Crippen molar-refractivity contribution < 1.29 is 9.21 Å². The number of aryl methyl sites for hydroxylation is 1. The average molecular weight is 319 g/mol. The number of carbonyl (C=O) groups excluding carboxylic acids is 1. The van der Waals surface area contributed by atoms with Crippen molar-refractivity contribution in [2.75, 3.05) is 5.32 Å². The quantitative estimate of drug-likeness (QED) is 0.582. The van der Waals surface area contributed by atoms with Crippen LogP contribution in [0.2, 0.25) is 0 Å². The third kappa shape index (κ3) is 3.13. The molecule has 0 radical (unpaired) electrons. The molecular formula is C20H17NO3. The first-order valence-corrected chi connectivity index (χ1v) is 7.63. The van der Waals surface area contributed by atoms with Gasteiger partial charge in [-0.2, -0.15) is 0 Å². The summed E-state index contributed by atoms with van der Waals surface area (Å²) in [6.07, 6.45) is 2.34. The second-order valence-electron chi connectivity index (χ2n) is 5.60. The van der Waals surface area contributed by atoms with E-state index in [1.807, 2.05) is 37.3 Å². The number of benzene rings is 2. The number of hydrogen-bond acceptors (Lipinski definition) is 3. The van der Waals surface area contributed by atoms with Crippen molar-refractivity contribution in [3.63, 3.8) is 0 Å². The summed E-state index contributed by atoms with van der Waals surface area (Å²) >= 11 is 0. The molecule has 0 atom stereocenters. The van der Waals surface area contributed by atoms with Crippen molar-refractivity contribution in [1.82, 2.24) is 0 Å². The molecule has 0 fully saturated rings. The lowest BCUT2D eigenvalue weighted by Gasteiger charge is -2.07. The van der Waals surface area contributed by atoms with E-state index in [9.17, 15) is 9.59 Å². The number of nitrogens with one attached hydrogen (secondary N) is 1. The summed E-state index contributed by atoms with van der Waals surface area (Å²) in [4.78, 5) is 24.6. The van der Waals surface area contributed by atoms with Gasteiger partial charge in [0.1, 0.15) is 11.1 Å². The van der Waals surface area contributed by atoms with E-state index in [1.54, 1.807) is 24.3 Å². The lowest BCUT2D eigenvalue weighted by Crippen LogP contribution is -2.20. The van der Waals surface area contributed by atoms with E-state index < -0.39 is 11.5 Å². The highest BCUT2D eigenvalue weighted by Gasteiger charge is 2.15. The van der Waals surface area contributed by atoms with Gasteiger partial charge in [-0.15, -0.1) is 6.58 Å². The number of fused-ring (bicyclic) bond motifs is 1. The number of anilines is 1. The summed E-state index contributed by atoms with van der Waals surface area (Å²) in [5, 5.41) is 3.43. The van der Waals surface area contributed by atoms with E-state index in [4.69, 9.17) is 4.42 Å². The van der Waals surface area contributed by atoms with Crippen molar-refractivity contribution in [2.45, 2.75) is 13.3 Å².